The van der Waals surface area contributed by atoms with Crippen LogP contribution in [0.3, 0.4) is 0 Å². The van der Waals surface area contributed by atoms with Crippen LogP contribution in [0.4, 0.5) is 0 Å². The molecule has 0 aromatic heterocycles. The molecule has 32 heavy (non-hydrogen) atoms. The highest BCUT2D eigenvalue weighted by Crippen LogP contribution is 2.37. The lowest BCUT2D eigenvalue weighted by molar-refractivity contribution is -0.131. The molecule has 3 aromatic rings. The van der Waals surface area contributed by atoms with Gasteiger partial charge in [0, 0.05) is 6.54 Å². The molecule has 5 nitrogen and oxygen atoms in total. The van der Waals surface area contributed by atoms with Crippen LogP contribution in [0.5, 0.6) is 11.5 Å². The van der Waals surface area contributed by atoms with Crippen molar-refractivity contribution >= 4 is 5.91 Å². The van der Waals surface area contributed by atoms with Crippen LogP contribution in [0.1, 0.15) is 41.6 Å². The summed E-state index contributed by atoms with van der Waals surface area (Å²) in [6.45, 7) is 1.04. The van der Waals surface area contributed by atoms with Gasteiger partial charge < -0.3 is 14.4 Å². The first-order chi connectivity index (χ1) is 15.7. The molecule has 0 saturated carbocycles. The van der Waals surface area contributed by atoms with E-state index in [0.29, 0.717) is 11.5 Å². The van der Waals surface area contributed by atoms with Crippen LogP contribution in [0, 0.1) is 0 Å². The zero-order valence-corrected chi connectivity index (χ0v) is 18.7. The molecule has 1 heterocycles. The summed E-state index contributed by atoms with van der Waals surface area (Å²) in [7, 11) is 3.26. The Balaban J connectivity index is 1.50. The summed E-state index contributed by atoms with van der Waals surface area (Å²) in [5.41, 5.74) is 3.37. The highest BCUT2D eigenvalue weighted by atomic mass is 16.5. The molecule has 1 saturated heterocycles. The Morgan fingerprint density at radius 2 is 1.56 bits per heavy atom. The van der Waals surface area contributed by atoms with E-state index in [2.05, 4.69) is 29.6 Å². The molecule has 1 aliphatic heterocycles. The van der Waals surface area contributed by atoms with Crippen LogP contribution in [0.2, 0.25) is 0 Å². The fourth-order valence-electron chi connectivity index (χ4n) is 4.48. The van der Waals surface area contributed by atoms with Gasteiger partial charge in [-0.2, -0.15) is 0 Å². The first kappa shape index (κ1) is 21.9. The van der Waals surface area contributed by atoms with Gasteiger partial charge >= 0.3 is 0 Å². The van der Waals surface area contributed by atoms with Crippen LogP contribution in [0.25, 0.3) is 0 Å². The molecule has 1 N–H and O–H groups in total. The van der Waals surface area contributed by atoms with Gasteiger partial charge in [-0.05, 0) is 41.7 Å². The second-order valence-electron chi connectivity index (χ2n) is 7.99. The van der Waals surface area contributed by atoms with Gasteiger partial charge in [-0.3, -0.25) is 10.1 Å². The Hall–Kier alpha value is -3.31. The summed E-state index contributed by atoms with van der Waals surface area (Å²) in [4.78, 5) is 15.3. The molecule has 1 amide bonds. The zero-order valence-electron chi connectivity index (χ0n) is 18.7. The van der Waals surface area contributed by atoms with E-state index in [4.69, 9.17) is 9.47 Å². The summed E-state index contributed by atoms with van der Waals surface area (Å²) in [5, 5.41) is 3.51. The number of nitrogens with zero attached hydrogens (tertiary/aromatic N) is 1. The Bertz CT molecular complexity index is 984. The van der Waals surface area contributed by atoms with Gasteiger partial charge in [0.2, 0.25) is 5.91 Å². The van der Waals surface area contributed by atoms with Gasteiger partial charge in [-0.25, -0.2) is 0 Å². The number of carbonyl (C=O) groups excluding carboxylic acids is 1. The number of nitrogens with one attached hydrogen (secondary N) is 1. The quantitative estimate of drug-likeness (QED) is 0.561. The standard InChI is InChI=1S/C27H30N2O3/c1-31-24-16-15-22(18-25(24)32-2)23-14-9-17-29(23)26(30)19-28-27(20-10-5-3-6-11-20)21-12-7-4-8-13-21/h3-8,10-13,15-16,18,23,27-28H,9,14,17,19H2,1-2H3. The number of ether oxygens (including phenoxy) is 2. The normalized spacial score (nSPS) is 15.7. The first-order valence-electron chi connectivity index (χ1n) is 11.1. The number of hydrogen-bond donors (Lipinski definition) is 1. The molecular formula is C27H30N2O3. The predicted molar refractivity (Wildman–Crippen MR) is 126 cm³/mol. The van der Waals surface area contributed by atoms with Crippen LogP contribution in [0.15, 0.2) is 78.9 Å². The maximum Gasteiger partial charge on any atom is 0.237 e. The largest absolute Gasteiger partial charge is 0.493 e. The first-order valence-corrected chi connectivity index (χ1v) is 11.1. The highest BCUT2D eigenvalue weighted by Gasteiger charge is 2.30. The van der Waals surface area contributed by atoms with Crippen LogP contribution in [-0.4, -0.2) is 38.1 Å². The average Bonchev–Trinajstić information content (AvgIpc) is 3.35. The Morgan fingerprint density at radius 1 is 0.938 bits per heavy atom. The van der Waals surface area contributed by atoms with Crippen molar-refractivity contribution in [1.82, 2.24) is 10.2 Å². The minimum Gasteiger partial charge on any atom is -0.493 e. The molecule has 1 unspecified atom stereocenters. The van der Waals surface area contributed by atoms with E-state index >= 15 is 0 Å². The van der Waals surface area contributed by atoms with Crippen molar-refractivity contribution in [2.45, 2.75) is 24.9 Å². The second kappa shape index (κ2) is 10.3. The summed E-state index contributed by atoms with van der Waals surface area (Å²) >= 11 is 0. The topological polar surface area (TPSA) is 50.8 Å². The molecule has 0 bridgehead atoms. The molecular weight excluding hydrogens is 400 g/mol. The molecule has 1 fully saturated rings. The molecule has 4 rings (SSSR count). The van der Waals surface area contributed by atoms with Crippen LogP contribution >= 0.6 is 0 Å². The third kappa shape index (κ3) is 4.78. The van der Waals surface area contributed by atoms with Gasteiger partial charge in [0.15, 0.2) is 11.5 Å². The minimum atomic E-state index is -0.0384. The van der Waals surface area contributed by atoms with Gasteiger partial charge in [-0.1, -0.05) is 66.7 Å². The van der Waals surface area contributed by atoms with Gasteiger partial charge in [0.05, 0.1) is 32.8 Å². The van der Waals surface area contributed by atoms with Crippen molar-refractivity contribution in [1.29, 1.82) is 0 Å². The van der Waals surface area contributed by atoms with Crippen molar-refractivity contribution in [3.05, 3.63) is 95.6 Å². The van der Waals surface area contributed by atoms with Crippen molar-refractivity contribution in [2.75, 3.05) is 27.3 Å². The van der Waals surface area contributed by atoms with Crippen molar-refractivity contribution in [3.8, 4) is 11.5 Å². The summed E-state index contributed by atoms with van der Waals surface area (Å²) in [5.74, 6) is 1.50. The summed E-state index contributed by atoms with van der Waals surface area (Å²) in [6, 6.07) is 26.5. The number of likely N-dealkylation sites (tertiary alicyclic amines) is 1. The van der Waals surface area contributed by atoms with E-state index in [1.165, 1.54) is 0 Å². The SMILES string of the molecule is COc1ccc(C2CCCN2C(=O)CNC(c2ccccc2)c2ccccc2)cc1OC. The van der Waals surface area contributed by atoms with Gasteiger partial charge in [0.1, 0.15) is 0 Å². The number of methoxy groups -OCH3 is 2. The monoisotopic (exact) mass is 430 g/mol. The third-order valence-corrected chi connectivity index (χ3v) is 6.09. The number of rotatable bonds is 8. The van der Waals surface area contributed by atoms with E-state index in [0.717, 1.165) is 36.1 Å². The number of benzene rings is 3. The molecule has 0 spiro atoms. The lowest BCUT2D eigenvalue weighted by atomic mass is 9.98. The molecule has 0 radical (unpaired) electrons. The Morgan fingerprint density at radius 3 is 2.16 bits per heavy atom. The molecule has 166 valence electrons. The maximum atomic E-state index is 13.3. The van der Waals surface area contributed by atoms with Crippen molar-refractivity contribution in [2.24, 2.45) is 0 Å². The molecule has 3 aromatic carbocycles. The smallest absolute Gasteiger partial charge is 0.237 e. The van der Waals surface area contributed by atoms with E-state index in [1.54, 1.807) is 14.2 Å². The van der Waals surface area contributed by atoms with Crippen LogP contribution < -0.4 is 14.8 Å². The zero-order chi connectivity index (χ0) is 22.3. The second-order valence-corrected chi connectivity index (χ2v) is 7.99. The van der Waals surface area contributed by atoms with Gasteiger partial charge in [0.25, 0.3) is 0 Å². The highest BCUT2D eigenvalue weighted by molar-refractivity contribution is 5.79. The average molecular weight is 431 g/mol. The predicted octanol–water partition coefficient (Wildman–Crippen LogP) is 4.75. The Kier molecular flexibility index (Phi) is 7.07. The fraction of sp³-hybridized carbons (Fsp3) is 0.296. The summed E-state index contributed by atoms with van der Waals surface area (Å²) < 4.78 is 10.8. The summed E-state index contributed by atoms with van der Waals surface area (Å²) in [6.07, 6.45) is 1.94. The van der Waals surface area contributed by atoms with E-state index < -0.39 is 0 Å². The number of carbonyl (C=O) groups is 1. The van der Waals surface area contributed by atoms with E-state index in [1.807, 2.05) is 59.5 Å². The number of amides is 1. The third-order valence-electron chi connectivity index (χ3n) is 6.09. The fourth-order valence-corrected chi connectivity index (χ4v) is 4.48. The molecule has 0 aliphatic carbocycles. The van der Waals surface area contributed by atoms with Crippen LogP contribution in [-0.2, 0) is 4.79 Å². The Labute approximate surface area is 190 Å². The molecule has 1 atom stereocenters. The lowest BCUT2D eigenvalue weighted by Gasteiger charge is -2.27. The van der Waals surface area contributed by atoms with E-state index in [9.17, 15) is 4.79 Å². The number of hydrogen-bond acceptors (Lipinski definition) is 4. The molecule has 5 heteroatoms. The molecule has 1 aliphatic rings. The van der Waals surface area contributed by atoms with Crippen molar-refractivity contribution < 1.29 is 14.3 Å². The van der Waals surface area contributed by atoms with Crippen molar-refractivity contribution in [3.63, 3.8) is 0 Å². The van der Waals surface area contributed by atoms with E-state index in [-0.39, 0.29) is 24.5 Å². The maximum absolute atomic E-state index is 13.3. The lowest BCUT2D eigenvalue weighted by Crippen LogP contribution is -2.39. The minimum absolute atomic E-state index is 0.0384. The van der Waals surface area contributed by atoms with Gasteiger partial charge in [-0.15, -0.1) is 0 Å².